The summed E-state index contributed by atoms with van der Waals surface area (Å²) in [6.45, 7) is 1.39. The van der Waals surface area contributed by atoms with Crippen LogP contribution < -0.4 is 10.2 Å². The summed E-state index contributed by atoms with van der Waals surface area (Å²) >= 11 is 1.49. The van der Waals surface area contributed by atoms with Crippen LogP contribution in [0.1, 0.15) is 50.1 Å². The molecule has 2 unspecified atom stereocenters. The maximum atomic E-state index is 14.1. The zero-order chi connectivity index (χ0) is 28.6. The van der Waals surface area contributed by atoms with Crippen molar-refractivity contribution in [1.82, 2.24) is 15.3 Å². The number of nitriles is 1. The molecule has 1 amide bonds. The van der Waals surface area contributed by atoms with E-state index in [1.165, 1.54) is 23.6 Å². The van der Waals surface area contributed by atoms with Gasteiger partial charge in [0.05, 0.1) is 22.8 Å². The summed E-state index contributed by atoms with van der Waals surface area (Å²) < 4.78 is 30.8. The number of benzene rings is 1. The number of nitrogens with zero attached hydrogens (tertiary/aromatic N) is 5. The van der Waals surface area contributed by atoms with Crippen LogP contribution >= 0.6 is 11.3 Å². The number of pyridine rings is 1. The first-order chi connectivity index (χ1) is 19.8. The van der Waals surface area contributed by atoms with Crippen molar-refractivity contribution >= 4 is 32.7 Å². The Hall–Kier alpha value is -3.36. The third-order valence-corrected chi connectivity index (χ3v) is 12.0. The summed E-state index contributed by atoms with van der Waals surface area (Å²) in [4.78, 5) is 25.7. The minimum Gasteiger partial charge on any atom is -0.370 e. The number of hydrogen-bond donors (Lipinski definition) is 1. The van der Waals surface area contributed by atoms with Crippen molar-refractivity contribution in [3.63, 3.8) is 0 Å². The molecule has 2 saturated carbocycles. The Morgan fingerprint density at radius 1 is 1.17 bits per heavy atom. The lowest BCUT2D eigenvalue weighted by atomic mass is 9.76. The summed E-state index contributed by atoms with van der Waals surface area (Å²) in [6.07, 6.45) is 7.69. The SMILES string of the molecule is CN=S1(=O)CCN(c2ccc(-c3sc(-c4cncc(F)c4)nc3C3CCCCC3C(=O)NC3(C#N)CC3)cc2)CC1. The van der Waals surface area contributed by atoms with Crippen LogP contribution in [-0.2, 0) is 14.5 Å². The van der Waals surface area contributed by atoms with Gasteiger partial charge in [-0.05, 0) is 49.4 Å². The van der Waals surface area contributed by atoms with E-state index < -0.39 is 21.1 Å². The molecule has 1 aromatic carbocycles. The Morgan fingerprint density at radius 2 is 1.90 bits per heavy atom. The van der Waals surface area contributed by atoms with Crippen LogP contribution in [0.15, 0.2) is 47.1 Å². The first-order valence-corrected chi connectivity index (χ1v) is 16.8. The van der Waals surface area contributed by atoms with Gasteiger partial charge in [0.15, 0.2) is 0 Å². The van der Waals surface area contributed by atoms with Crippen molar-refractivity contribution in [2.45, 2.75) is 50.0 Å². The number of nitrogens with one attached hydrogen (secondary N) is 1. The molecular formula is C30H33FN6O2S2. The Bertz CT molecular complexity index is 1600. The molecule has 2 aromatic heterocycles. The average molecular weight is 593 g/mol. The highest BCUT2D eigenvalue weighted by molar-refractivity contribution is 7.93. The van der Waals surface area contributed by atoms with Crippen LogP contribution in [0.5, 0.6) is 0 Å². The molecule has 3 aliphatic rings. The summed E-state index contributed by atoms with van der Waals surface area (Å²) in [5.41, 5.74) is 2.79. The zero-order valence-electron chi connectivity index (χ0n) is 23.0. The highest BCUT2D eigenvalue weighted by atomic mass is 32.2. The van der Waals surface area contributed by atoms with E-state index in [0.717, 1.165) is 47.5 Å². The molecule has 8 nitrogen and oxygen atoms in total. The average Bonchev–Trinajstić information content (AvgIpc) is 3.64. The molecule has 0 radical (unpaired) electrons. The van der Waals surface area contributed by atoms with Crippen molar-refractivity contribution in [3.05, 3.63) is 54.2 Å². The van der Waals surface area contributed by atoms with E-state index in [2.05, 4.69) is 49.9 Å². The van der Waals surface area contributed by atoms with Crippen LogP contribution in [0, 0.1) is 23.1 Å². The molecule has 11 heteroatoms. The van der Waals surface area contributed by atoms with Gasteiger partial charge in [-0.3, -0.25) is 9.78 Å². The number of halogens is 1. The summed E-state index contributed by atoms with van der Waals surface area (Å²) in [5, 5.41) is 13.2. The van der Waals surface area contributed by atoms with E-state index in [0.29, 0.717) is 48.0 Å². The second-order valence-electron chi connectivity index (χ2n) is 11.2. The van der Waals surface area contributed by atoms with Crippen LogP contribution in [0.3, 0.4) is 0 Å². The van der Waals surface area contributed by atoms with E-state index in [1.54, 1.807) is 13.2 Å². The van der Waals surface area contributed by atoms with Gasteiger partial charge < -0.3 is 10.2 Å². The van der Waals surface area contributed by atoms with Gasteiger partial charge in [-0.1, -0.05) is 25.0 Å². The molecule has 41 heavy (non-hydrogen) atoms. The predicted octanol–water partition coefficient (Wildman–Crippen LogP) is 5.38. The monoisotopic (exact) mass is 592 g/mol. The molecule has 1 N–H and O–H groups in total. The van der Waals surface area contributed by atoms with Crippen molar-refractivity contribution in [3.8, 4) is 27.1 Å². The normalized spacial score (nSPS) is 22.9. The second kappa shape index (κ2) is 11.1. The fraction of sp³-hybridized carbons (Fsp3) is 0.467. The molecule has 2 aliphatic carbocycles. The Labute approximate surface area is 244 Å². The van der Waals surface area contributed by atoms with Gasteiger partial charge in [0, 0.05) is 70.7 Å². The van der Waals surface area contributed by atoms with Gasteiger partial charge >= 0.3 is 0 Å². The Balaban J connectivity index is 1.34. The molecule has 214 valence electrons. The zero-order valence-corrected chi connectivity index (χ0v) is 24.6. The highest BCUT2D eigenvalue weighted by Gasteiger charge is 2.47. The van der Waals surface area contributed by atoms with Crippen LogP contribution in [0.4, 0.5) is 10.1 Å². The molecular weight excluding hydrogens is 560 g/mol. The standard InChI is InChI=1S/C30H33FN6O2S2/c1-33-41(39)14-12-37(13-15-41)23-8-6-20(7-9-23)27-26(35-29(40-27)21-16-22(31)18-34-17-21)24-4-2-3-5-25(24)28(38)36-30(19-32)10-11-30/h6-9,16-18,24-25H,2-5,10-15H2,1H3,(H,36,38). The lowest BCUT2D eigenvalue weighted by molar-refractivity contribution is -0.127. The predicted molar refractivity (Wildman–Crippen MR) is 160 cm³/mol. The molecule has 3 aromatic rings. The molecule has 2 atom stereocenters. The third-order valence-electron chi connectivity index (χ3n) is 8.57. The largest absolute Gasteiger partial charge is 0.370 e. The van der Waals surface area contributed by atoms with Crippen molar-refractivity contribution in [1.29, 1.82) is 5.26 Å². The van der Waals surface area contributed by atoms with E-state index in [-0.39, 0.29) is 17.7 Å². The molecule has 6 rings (SSSR count). The van der Waals surface area contributed by atoms with Crippen molar-refractivity contribution in [2.24, 2.45) is 10.3 Å². The maximum Gasteiger partial charge on any atom is 0.225 e. The molecule has 0 spiro atoms. The molecule has 3 fully saturated rings. The maximum absolute atomic E-state index is 14.1. The minimum atomic E-state index is -2.09. The lowest BCUT2D eigenvalue weighted by Crippen LogP contribution is -2.42. The number of anilines is 1. The fourth-order valence-corrected chi connectivity index (χ4v) is 8.62. The van der Waals surface area contributed by atoms with Gasteiger partial charge in [0.2, 0.25) is 5.91 Å². The highest BCUT2D eigenvalue weighted by Crippen LogP contribution is 2.46. The minimum absolute atomic E-state index is 0.0717. The molecule has 0 bridgehead atoms. The molecule has 1 saturated heterocycles. The number of aromatic nitrogens is 2. The van der Waals surface area contributed by atoms with Gasteiger partial charge in [-0.15, -0.1) is 11.3 Å². The van der Waals surface area contributed by atoms with Gasteiger partial charge in [0.1, 0.15) is 16.4 Å². The summed E-state index contributed by atoms with van der Waals surface area (Å²) in [6, 6.07) is 12.0. The summed E-state index contributed by atoms with van der Waals surface area (Å²) in [7, 11) is -0.452. The number of carbonyl (C=O) groups is 1. The van der Waals surface area contributed by atoms with Crippen molar-refractivity contribution in [2.75, 3.05) is 36.5 Å². The number of hydrogen-bond acceptors (Lipinski definition) is 8. The molecule has 3 heterocycles. The van der Waals surface area contributed by atoms with Gasteiger partial charge in [-0.25, -0.2) is 17.9 Å². The van der Waals surface area contributed by atoms with E-state index >= 15 is 0 Å². The quantitative estimate of drug-likeness (QED) is 0.412. The first-order valence-electron chi connectivity index (χ1n) is 14.1. The fourth-order valence-electron chi connectivity index (χ4n) is 5.92. The Kier molecular flexibility index (Phi) is 7.55. The number of amides is 1. The third kappa shape index (κ3) is 5.72. The van der Waals surface area contributed by atoms with Crippen LogP contribution in [0.2, 0.25) is 0 Å². The smallest absolute Gasteiger partial charge is 0.225 e. The van der Waals surface area contributed by atoms with Gasteiger partial charge in [0.25, 0.3) is 0 Å². The number of carbonyl (C=O) groups excluding carboxylic acids is 1. The second-order valence-corrected chi connectivity index (χ2v) is 14.9. The topological polar surface area (TPSA) is 111 Å². The van der Waals surface area contributed by atoms with Crippen molar-refractivity contribution < 1.29 is 13.4 Å². The Morgan fingerprint density at radius 3 is 2.56 bits per heavy atom. The lowest BCUT2D eigenvalue weighted by Gasteiger charge is -2.31. The number of rotatable bonds is 6. The van der Waals surface area contributed by atoms with E-state index in [1.807, 2.05) is 0 Å². The van der Waals surface area contributed by atoms with Gasteiger partial charge in [-0.2, -0.15) is 5.26 Å². The number of thiazole rings is 1. The van der Waals surface area contributed by atoms with E-state index in [9.17, 15) is 18.7 Å². The van der Waals surface area contributed by atoms with Crippen LogP contribution in [-0.4, -0.2) is 57.3 Å². The first kappa shape index (κ1) is 27.8. The van der Waals surface area contributed by atoms with Crippen LogP contribution in [0.25, 0.3) is 21.0 Å². The van der Waals surface area contributed by atoms with E-state index in [4.69, 9.17) is 4.98 Å². The summed E-state index contributed by atoms with van der Waals surface area (Å²) in [5.74, 6) is 0.249. The molecule has 1 aliphatic heterocycles.